The van der Waals surface area contributed by atoms with Crippen molar-refractivity contribution in [1.29, 1.82) is 0 Å². The predicted octanol–water partition coefficient (Wildman–Crippen LogP) is 2.42. The average molecular weight is 299 g/mol. The largest absolute Gasteiger partial charge is 0.467 e. The van der Waals surface area contributed by atoms with Gasteiger partial charge in [0.2, 0.25) is 0 Å². The molecule has 1 aliphatic carbocycles. The topological polar surface area (TPSA) is 54.6 Å². The van der Waals surface area contributed by atoms with Crippen LogP contribution in [0, 0.1) is 0 Å². The lowest BCUT2D eigenvalue weighted by molar-refractivity contribution is 0.0217. The summed E-state index contributed by atoms with van der Waals surface area (Å²) in [5.41, 5.74) is 0. The van der Waals surface area contributed by atoms with Gasteiger partial charge in [-0.2, -0.15) is 11.8 Å². The highest BCUT2D eigenvalue weighted by atomic mass is 32.2. The number of rotatable bonds is 9. The van der Waals surface area contributed by atoms with E-state index < -0.39 is 6.10 Å². The van der Waals surface area contributed by atoms with Crippen LogP contribution < -0.4 is 5.32 Å². The van der Waals surface area contributed by atoms with Crippen LogP contribution in [-0.2, 0) is 11.3 Å². The first-order chi connectivity index (χ1) is 9.79. The monoisotopic (exact) mass is 299 g/mol. The Hall–Kier alpha value is -0.490. The van der Waals surface area contributed by atoms with E-state index in [0.29, 0.717) is 31.1 Å². The molecule has 0 saturated heterocycles. The molecule has 0 spiro atoms. The predicted molar refractivity (Wildman–Crippen MR) is 81.9 cm³/mol. The molecule has 2 N–H and O–H groups in total. The zero-order valence-corrected chi connectivity index (χ0v) is 12.9. The van der Waals surface area contributed by atoms with Crippen LogP contribution in [0.2, 0.25) is 0 Å². The van der Waals surface area contributed by atoms with E-state index in [9.17, 15) is 5.11 Å². The fraction of sp³-hybridized carbons (Fsp3) is 0.733. The smallest absolute Gasteiger partial charge is 0.129 e. The maximum atomic E-state index is 9.93. The van der Waals surface area contributed by atoms with Crippen LogP contribution in [0.15, 0.2) is 22.8 Å². The Morgan fingerprint density at radius 2 is 2.45 bits per heavy atom. The second-order valence-corrected chi connectivity index (χ2v) is 6.70. The first-order valence-corrected chi connectivity index (χ1v) is 8.47. The van der Waals surface area contributed by atoms with E-state index in [1.807, 2.05) is 23.9 Å². The molecule has 1 aromatic rings. The van der Waals surface area contributed by atoms with Crippen molar-refractivity contribution in [2.45, 2.75) is 50.2 Å². The molecule has 0 radical (unpaired) electrons. The minimum absolute atomic E-state index is 0.339. The summed E-state index contributed by atoms with van der Waals surface area (Å²) in [6.45, 7) is 3.56. The summed E-state index contributed by atoms with van der Waals surface area (Å²) in [5.74, 6) is 1.96. The standard InChI is InChI=1S/C15H25NO3S/c1-2-20-15-7-3-6-14(15)16-9-12(17)10-18-11-13-5-4-8-19-13/h4-5,8,12,14-17H,2-3,6-7,9-11H2,1H3. The van der Waals surface area contributed by atoms with E-state index in [2.05, 4.69) is 12.2 Å². The first-order valence-electron chi connectivity index (χ1n) is 7.42. The number of furan rings is 1. The van der Waals surface area contributed by atoms with Crippen LogP contribution in [0.3, 0.4) is 0 Å². The van der Waals surface area contributed by atoms with Gasteiger partial charge in [0, 0.05) is 17.8 Å². The van der Waals surface area contributed by atoms with Gasteiger partial charge in [-0.3, -0.25) is 0 Å². The fourth-order valence-corrected chi connectivity index (χ4v) is 3.84. The Bertz CT molecular complexity index is 358. The van der Waals surface area contributed by atoms with Crippen LogP contribution in [0.5, 0.6) is 0 Å². The summed E-state index contributed by atoms with van der Waals surface area (Å²) in [7, 11) is 0. The van der Waals surface area contributed by atoms with Gasteiger partial charge in [-0.25, -0.2) is 0 Å². The first kappa shape index (κ1) is 15.9. The Balaban J connectivity index is 1.58. The molecular formula is C15H25NO3S. The van der Waals surface area contributed by atoms with Crippen molar-refractivity contribution in [1.82, 2.24) is 5.32 Å². The number of hydrogen-bond acceptors (Lipinski definition) is 5. The molecule has 3 unspecified atom stereocenters. The molecule has 0 amide bonds. The molecule has 4 nitrogen and oxygen atoms in total. The molecular weight excluding hydrogens is 274 g/mol. The van der Waals surface area contributed by atoms with E-state index in [1.54, 1.807) is 6.26 Å². The summed E-state index contributed by atoms with van der Waals surface area (Å²) in [6, 6.07) is 4.25. The van der Waals surface area contributed by atoms with Crippen LogP contribution in [0.4, 0.5) is 0 Å². The van der Waals surface area contributed by atoms with E-state index >= 15 is 0 Å². The maximum absolute atomic E-state index is 9.93. The Morgan fingerprint density at radius 3 is 3.20 bits per heavy atom. The Kier molecular flexibility index (Phi) is 6.93. The maximum Gasteiger partial charge on any atom is 0.129 e. The van der Waals surface area contributed by atoms with E-state index in [-0.39, 0.29) is 0 Å². The molecule has 5 heteroatoms. The quantitative estimate of drug-likeness (QED) is 0.733. The average Bonchev–Trinajstić information content (AvgIpc) is 3.08. The molecule has 1 heterocycles. The summed E-state index contributed by atoms with van der Waals surface area (Å²) in [5, 5.41) is 14.1. The zero-order chi connectivity index (χ0) is 14.2. The molecule has 0 bridgehead atoms. The van der Waals surface area contributed by atoms with Gasteiger partial charge in [-0.1, -0.05) is 13.3 Å². The lowest BCUT2D eigenvalue weighted by Crippen LogP contribution is -2.40. The molecule has 20 heavy (non-hydrogen) atoms. The van der Waals surface area contributed by atoms with Gasteiger partial charge in [0.15, 0.2) is 0 Å². The summed E-state index contributed by atoms with van der Waals surface area (Å²) >= 11 is 2.03. The van der Waals surface area contributed by atoms with Crippen LogP contribution in [0.1, 0.15) is 31.9 Å². The lowest BCUT2D eigenvalue weighted by atomic mass is 10.2. The number of hydrogen-bond donors (Lipinski definition) is 2. The van der Waals surface area contributed by atoms with Crippen molar-refractivity contribution >= 4 is 11.8 Å². The van der Waals surface area contributed by atoms with Gasteiger partial charge in [-0.05, 0) is 30.7 Å². The van der Waals surface area contributed by atoms with Crippen molar-refractivity contribution in [3.63, 3.8) is 0 Å². The molecule has 114 valence electrons. The minimum Gasteiger partial charge on any atom is -0.467 e. The number of aliphatic hydroxyl groups is 1. The van der Waals surface area contributed by atoms with Crippen LogP contribution in [0.25, 0.3) is 0 Å². The third-order valence-corrected chi connectivity index (χ3v) is 4.91. The molecule has 0 aromatic carbocycles. The van der Waals surface area contributed by atoms with Gasteiger partial charge >= 0.3 is 0 Å². The second-order valence-electron chi connectivity index (χ2n) is 5.19. The van der Waals surface area contributed by atoms with Crippen molar-refractivity contribution in [2.75, 3.05) is 18.9 Å². The minimum atomic E-state index is -0.460. The highest BCUT2D eigenvalue weighted by Crippen LogP contribution is 2.29. The second kappa shape index (κ2) is 8.72. The number of nitrogens with one attached hydrogen (secondary N) is 1. The van der Waals surface area contributed by atoms with Gasteiger partial charge < -0.3 is 19.6 Å². The Morgan fingerprint density at radius 1 is 1.55 bits per heavy atom. The molecule has 1 aliphatic rings. The van der Waals surface area contributed by atoms with Gasteiger partial charge in [0.1, 0.15) is 12.4 Å². The lowest BCUT2D eigenvalue weighted by Gasteiger charge is -2.22. The summed E-state index contributed by atoms with van der Waals surface area (Å²) in [4.78, 5) is 0. The molecule has 1 aromatic heterocycles. The van der Waals surface area contributed by atoms with Crippen LogP contribution >= 0.6 is 11.8 Å². The molecule has 3 atom stereocenters. The van der Waals surface area contributed by atoms with E-state index in [4.69, 9.17) is 9.15 Å². The van der Waals surface area contributed by atoms with E-state index in [0.717, 1.165) is 11.5 Å². The summed E-state index contributed by atoms with van der Waals surface area (Å²) in [6.07, 6.45) is 4.97. The summed E-state index contributed by atoms with van der Waals surface area (Å²) < 4.78 is 10.6. The van der Waals surface area contributed by atoms with Crippen molar-refractivity contribution in [2.24, 2.45) is 0 Å². The number of thioether (sulfide) groups is 1. The molecule has 1 fully saturated rings. The van der Waals surface area contributed by atoms with Gasteiger partial charge in [0.05, 0.1) is 19.0 Å². The van der Waals surface area contributed by atoms with Gasteiger partial charge in [-0.15, -0.1) is 0 Å². The SMILES string of the molecule is CCSC1CCCC1NCC(O)COCc1ccco1. The molecule has 1 saturated carbocycles. The normalized spacial score (nSPS) is 24.1. The third kappa shape index (κ3) is 5.13. The zero-order valence-electron chi connectivity index (χ0n) is 12.1. The van der Waals surface area contributed by atoms with Crippen molar-refractivity contribution in [3.8, 4) is 0 Å². The van der Waals surface area contributed by atoms with Crippen LogP contribution in [-0.4, -0.2) is 41.4 Å². The Labute approximate surface area is 125 Å². The van der Waals surface area contributed by atoms with E-state index in [1.165, 1.54) is 19.3 Å². The fourth-order valence-electron chi connectivity index (χ4n) is 2.61. The number of ether oxygens (including phenoxy) is 1. The van der Waals surface area contributed by atoms with Crippen molar-refractivity contribution < 1.29 is 14.3 Å². The highest BCUT2D eigenvalue weighted by Gasteiger charge is 2.26. The number of aliphatic hydroxyl groups excluding tert-OH is 1. The molecule has 0 aliphatic heterocycles. The van der Waals surface area contributed by atoms with Crippen molar-refractivity contribution in [3.05, 3.63) is 24.2 Å². The third-order valence-electron chi connectivity index (χ3n) is 3.58. The van der Waals surface area contributed by atoms with Gasteiger partial charge in [0.25, 0.3) is 0 Å². The highest BCUT2D eigenvalue weighted by molar-refractivity contribution is 7.99. The molecule has 2 rings (SSSR count).